The first kappa shape index (κ1) is 8.89. The van der Waals surface area contributed by atoms with Crippen molar-refractivity contribution in [2.75, 3.05) is 0 Å². The Kier molecular flexibility index (Phi) is 3.09. The molecule has 1 heterocycles. The summed E-state index contributed by atoms with van der Waals surface area (Å²) in [5.41, 5.74) is 0. The van der Waals surface area contributed by atoms with Crippen LogP contribution in [0, 0.1) is 0 Å². The summed E-state index contributed by atoms with van der Waals surface area (Å²) in [4.78, 5) is 7.43. The number of hydrogen-bond donors (Lipinski definition) is 1. The molecule has 0 unspecified atom stereocenters. The number of nitrogens with one attached hydrogen (secondary N) is 1. The maximum atomic E-state index is 4.26. The van der Waals surface area contributed by atoms with Gasteiger partial charge in [0.25, 0.3) is 0 Å². The fourth-order valence-corrected chi connectivity index (χ4v) is 3.08. The Hall–Kier alpha value is -0.687. The molecule has 1 aliphatic carbocycles. The van der Waals surface area contributed by atoms with Crippen molar-refractivity contribution in [3.8, 4) is 0 Å². The molecule has 2 nitrogen and oxygen atoms in total. The molecule has 13 heavy (non-hydrogen) atoms. The van der Waals surface area contributed by atoms with Gasteiger partial charge in [-0.1, -0.05) is 0 Å². The van der Waals surface area contributed by atoms with Crippen molar-refractivity contribution in [3.63, 3.8) is 0 Å². The van der Waals surface area contributed by atoms with Gasteiger partial charge < -0.3 is 0 Å². The molecule has 0 spiro atoms. The molecular formula is C10H12N2Ru. The van der Waals surface area contributed by atoms with E-state index >= 15 is 0 Å². The third-order valence-corrected chi connectivity index (χ3v) is 4.01. The zero-order chi connectivity index (χ0) is 8.93. The molecule has 1 aliphatic rings. The van der Waals surface area contributed by atoms with Gasteiger partial charge >= 0.3 is 85.6 Å². The zero-order valence-corrected chi connectivity index (χ0v) is 9.05. The summed E-state index contributed by atoms with van der Waals surface area (Å²) in [7, 11) is 0. The van der Waals surface area contributed by atoms with Crippen LogP contribution in [0.2, 0.25) is 0 Å². The number of imidazole rings is 1. The zero-order valence-electron chi connectivity index (χ0n) is 7.31. The van der Waals surface area contributed by atoms with E-state index in [0.29, 0.717) is 0 Å². The number of hydrogen-bond acceptors (Lipinski definition) is 1. The second-order valence-electron chi connectivity index (χ2n) is 2.88. The molecule has 0 saturated heterocycles. The van der Waals surface area contributed by atoms with Crippen LogP contribution in [0.15, 0.2) is 34.8 Å². The van der Waals surface area contributed by atoms with Gasteiger partial charge in [-0.3, -0.25) is 0 Å². The van der Waals surface area contributed by atoms with Crippen molar-refractivity contribution >= 4 is 4.42 Å². The first-order valence-corrected chi connectivity index (χ1v) is 6.16. The normalized spacial score (nSPS) is 17.1. The predicted molar refractivity (Wildman–Crippen MR) is 49.3 cm³/mol. The molecule has 1 N–H and O–H groups in total. The number of aromatic nitrogens is 2. The third kappa shape index (κ3) is 2.63. The fraction of sp³-hybridized carbons (Fsp3) is 0.300. The summed E-state index contributed by atoms with van der Waals surface area (Å²) in [6.07, 6.45) is 14.2. The van der Waals surface area contributed by atoms with Gasteiger partial charge in [0.2, 0.25) is 0 Å². The number of allylic oxidation sites excluding steroid dienone is 4. The van der Waals surface area contributed by atoms with Crippen LogP contribution in [-0.4, -0.2) is 9.97 Å². The third-order valence-electron chi connectivity index (χ3n) is 1.84. The van der Waals surface area contributed by atoms with Crippen LogP contribution < -0.4 is 4.42 Å². The van der Waals surface area contributed by atoms with Crippen LogP contribution >= 0.6 is 0 Å². The molecule has 0 radical (unpaired) electrons. The average Bonchev–Trinajstić information content (AvgIpc) is 2.49. The van der Waals surface area contributed by atoms with Crippen molar-refractivity contribution in [2.45, 2.75) is 19.3 Å². The van der Waals surface area contributed by atoms with Crippen molar-refractivity contribution in [3.05, 3.63) is 34.8 Å². The van der Waals surface area contributed by atoms with E-state index in [9.17, 15) is 0 Å². The van der Waals surface area contributed by atoms with Crippen molar-refractivity contribution in [1.29, 1.82) is 0 Å². The predicted octanol–water partition coefficient (Wildman–Crippen LogP) is 1.74. The molecule has 0 aromatic carbocycles. The van der Waals surface area contributed by atoms with Crippen LogP contribution in [0.1, 0.15) is 19.3 Å². The van der Waals surface area contributed by atoms with Crippen LogP contribution in [-0.2, 0) is 17.1 Å². The van der Waals surface area contributed by atoms with E-state index in [4.69, 9.17) is 0 Å². The van der Waals surface area contributed by atoms with Gasteiger partial charge in [-0.2, -0.15) is 0 Å². The molecule has 0 fully saturated rings. The number of nitrogens with zero attached hydrogens (tertiary/aromatic N) is 1. The summed E-state index contributed by atoms with van der Waals surface area (Å²) in [5, 5.41) is 0. The van der Waals surface area contributed by atoms with Gasteiger partial charge in [0.1, 0.15) is 0 Å². The van der Waals surface area contributed by atoms with E-state index in [2.05, 4.69) is 28.2 Å². The van der Waals surface area contributed by atoms with E-state index in [1.165, 1.54) is 19.3 Å². The first-order chi connectivity index (χ1) is 6.45. The van der Waals surface area contributed by atoms with Gasteiger partial charge in [0, 0.05) is 0 Å². The molecule has 3 heteroatoms. The van der Waals surface area contributed by atoms with Gasteiger partial charge in [-0.15, -0.1) is 0 Å². The van der Waals surface area contributed by atoms with Crippen LogP contribution in [0.3, 0.4) is 0 Å². The summed E-state index contributed by atoms with van der Waals surface area (Å²) in [6.45, 7) is 0. The molecule has 70 valence electrons. The van der Waals surface area contributed by atoms with Gasteiger partial charge in [0.15, 0.2) is 0 Å². The Balaban J connectivity index is 2.01. The Morgan fingerprint density at radius 1 is 1.46 bits per heavy atom. The summed E-state index contributed by atoms with van der Waals surface area (Å²) >= 11 is 0.151. The van der Waals surface area contributed by atoms with E-state index in [-0.39, 0.29) is 17.1 Å². The topological polar surface area (TPSA) is 28.7 Å². The molecule has 0 amide bonds. The maximum absolute atomic E-state index is 4.26. The minimum atomic E-state index is 0.151. The van der Waals surface area contributed by atoms with E-state index in [1.807, 2.05) is 12.4 Å². The summed E-state index contributed by atoms with van der Waals surface area (Å²) in [5.74, 6) is 0. The molecule has 2 rings (SSSR count). The molecule has 1 aromatic heterocycles. The SMILES string of the molecule is C1=CCCC[C]([Ru][c]2ncc[nH]2)=C1. The van der Waals surface area contributed by atoms with Crippen LogP contribution in [0.25, 0.3) is 0 Å². The minimum absolute atomic E-state index is 0.151. The van der Waals surface area contributed by atoms with Crippen molar-refractivity contribution in [1.82, 2.24) is 9.97 Å². The second-order valence-corrected chi connectivity index (χ2v) is 5.25. The van der Waals surface area contributed by atoms with Crippen LogP contribution in [0.4, 0.5) is 0 Å². The van der Waals surface area contributed by atoms with Gasteiger partial charge in [-0.05, 0) is 0 Å². The number of rotatable bonds is 2. The first-order valence-electron chi connectivity index (χ1n) is 4.42. The monoisotopic (exact) mass is 262 g/mol. The van der Waals surface area contributed by atoms with E-state index in [1.54, 1.807) is 4.17 Å². The Morgan fingerprint density at radius 3 is 3.31 bits per heavy atom. The van der Waals surface area contributed by atoms with Crippen LogP contribution in [0.5, 0.6) is 0 Å². The quantitative estimate of drug-likeness (QED) is 0.807. The second kappa shape index (κ2) is 4.52. The number of H-pyrrole nitrogens is 1. The standard InChI is InChI=1S/C7H9.C3H3N2.Ru/c1-2-4-6-7-5-3-1;1-2-5-3-4-1;/h1-3H,4,6-7H2;1-2H,(H,4,5);. The summed E-state index contributed by atoms with van der Waals surface area (Å²) < 4.78 is 2.73. The fourth-order valence-electron chi connectivity index (χ4n) is 1.21. The molecule has 0 bridgehead atoms. The number of aromatic amines is 1. The molecule has 0 aliphatic heterocycles. The van der Waals surface area contributed by atoms with Crippen molar-refractivity contribution in [2.24, 2.45) is 0 Å². The van der Waals surface area contributed by atoms with E-state index < -0.39 is 0 Å². The van der Waals surface area contributed by atoms with Gasteiger partial charge in [-0.25, -0.2) is 0 Å². The molecule has 0 saturated carbocycles. The van der Waals surface area contributed by atoms with Crippen molar-refractivity contribution < 1.29 is 17.1 Å². The average molecular weight is 261 g/mol. The molecule has 0 atom stereocenters. The Labute approximate surface area is 85.8 Å². The van der Waals surface area contributed by atoms with E-state index in [0.717, 1.165) is 4.42 Å². The Bertz CT molecular complexity index is 312. The summed E-state index contributed by atoms with van der Waals surface area (Å²) in [6, 6.07) is 0. The van der Waals surface area contributed by atoms with Gasteiger partial charge in [0.05, 0.1) is 0 Å². The molecular weight excluding hydrogens is 249 g/mol. The molecule has 1 aromatic rings. The Morgan fingerprint density at radius 2 is 2.46 bits per heavy atom.